The third-order valence-corrected chi connectivity index (χ3v) is 3.97. The van der Waals surface area contributed by atoms with E-state index in [1.165, 1.54) is 0 Å². The molecule has 1 saturated carbocycles. The van der Waals surface area contributed by atoms with Crippen LogP contribution in [-0.4, -0.2) is 31.8 Å². The molecule has 0 aromatic heterocycles. The Labute approximate surface area is 148 Å². The lowest BCUT2D eigenvalue weighted by Crippen LogP contribution is -2.23. The molecule has 1 fully saturated rings. The lowest BCUT2D eigenvalue weighted by Gasteiger charge is -2.15. The van der Waals surface area contributed by atoms with Crippen LogP contribution in [0.15, 0.2) is 18.2 Å². The molecule has 1 aliphatic rings. The normalized spacial score (nSPS) is 20.0. The molecule has 0 heterocycles. The summed E-state index contributed by atoms with van der Waals surface area (Å²) in [5.74, 6) is 0.537. The molecule has 1 amide bonds. The summed E-state index contributed by atoms with van der Waals surface area (Å²) in [4.78, 5) is 12.3. The maximum absolute atomic E-state index is 12.3. The van der Waals surface area contributed by atoms with E-state index in [1.807, 2.05) is 6.92 Å². The fourth-order valence-electron chi connectivity index (χ4n) is 2.57. The SMILES string of the molecule is CCOCCOc1ccc(Cl)cc1NC(=O)C1CCC(N)C1.Cl. The van der Waals surface area contributed by atoms with E-state index >= 15 is 0 Å². The second-order valence-electron chi connectivity index (χ2n) is 5.45. The molecule has 1 aliphatic carbocycles. The first-order valence-corrected chi connectivity index (χ1v) is 8.04. The van der Waals surface area contributed by atoms with Crippen molar-refractivity contribution in [1.29, 1.82) is 0 Å². The topological polar surface area (TPSA) is 73.6 Å². The molecule has 2 rings (SSSR count). The number of hydrogen-bond acceptors (Lipinski definition) is 4. The number of anilines is 1. The number of halogens is 2. The van der Waals surface area contributed by atoms with Crippen LogP contribution in [0.1, 0.15) is 26.2 Å². The molecule has 3 N–H and O–H groups in total. The van der Waals surface area contributed by atoms with Gasteiger partial charge in [-0.15, -0.1) is 12.4 Å². The molecule has 0 aliphatic heterocycles. The Bertz CT molecular complexity index is 514. The van der Waals surface area contributed by atoms with Gasteiger partial charge < -0.3 is 20.5 Å². The summed E-state index contributed by atoms with van der Waals surface area (Å²) in [5.41, 5.74) is 6.46. The molecule has 1 aromatic carbocycles. The summed E-state index contributed by atoms with van der Waals surface area (Å²) in [7, 11) is 0. The smallest absolute Gasteiger partial charge is 0.227 e. The van der Waals surface area contributed by atoms with Gasteiger partial charge in [-0.25, -0.2) is 0 Å². The standard InChI is InChI=1S/C16H23ClN2O3.ClH/c1-2-21-7-8-22-15-6-4-12(17)10-14(15)19-16(20)11-3-5-13(18)9-11;/h4,6,10-11,13H,2-3,5,7-9,18H2,1H3,(H,19,20);1H. The number of nitrogens with two attached hydrogens (primary N) is 1. The lowest BCUT2D eigenvalue weighted by molar-refractivity contribution is -0.119. The van der Waals surface area contributed by atoms with Gasteiger partial charge in [0.2, 0.25) is 5.91 Å². The molecule has 2 atom stereocenters. The van der Waals surface area contributed by atoms with Crippen molar-refractivity contribution in [2.45, 2.75) is 32.2 Å². The van der Waals surface area contributed by atoms with Gasteiger partial charge in [-0.1, -0.05) is 11.6 Å². The number of nitrogens with one attached hydrogen (secondary N) is 1. The third-order valence-electron chi connectivity index (χ3n) is 3.73. The largest absolute Gasteiger partial charge is 0.489 e. The number of hydrogen-bond donors (Lipinski definition) is 2. The first kappa shape index (κ1) is 20.0. The highest BCUT2D eigenvalue weighted by Crippen LogP contribution is 2.31. The van der Waals surface area contributed by atoms with Crippen molar-refractivity contribution in [2.75, 3.05) is 25.1 Å². The monoisotopic (exact) mass is 362 g/mol. The zero-order valence-corrected chi connectivity index (χ0v) is 14.8. The second-order valence-corrected chi connectivity index (χ2v) is 5.88. The minimum atomic E-state index is -0.0368. The molecule has 23 heavy (non-hydrogen) atoms. The van der Waals surface area contributed by atoms with Crippen LogP contribution in [0, 0.1) is 5.92 Å². The molecular formula is C16H24Cl2N2O3. The van der Waals surface area contributed by atoms with Crippen molar-refractivity contribution in [3.8, 4) is 5.75 Å². The van der Waals surface area contributed by atoms with Gasteiger partial charge in [-0.05, 0) is 44.4 Å². The zero-order chi connectivity index (χ0) is 15.9. The van der Waals surface area contributed by atoms with Gasteiger partial charge in [0.1, 0.15) is 12.4 Å². The number of amides is 1. The first-order valence-electron chi connectivity index (χ1n) is 7.66. The Morgan fingerprint density at radius 1 is 1.39 bits per heavy atom. The van der Waals surface area contributed by atoms with Gasteiger partial charge >= 0.3 is 0 Å². The molecule has 0 bridgehead atoms. The van der Waals surface area contributed by atoms with Gasteiger partial charge in [-0.3, -0.25) is 4.79 Å². The minimum absolute atomic E-state index is 0. The van der Waals surface area contributed by atoms with Crippen molar-refractivity contribution in [3.63, 3.8) is 0 Å². The van der Waals surface area contributed by atoms with E-state index in [0.29, 0.717) is 36.3 Å². The maximum atomic E-state index is 12.3. The van der Waals surface area contributed by atoms with Crippen LogP contribution in [0.25, 0.3) is 0 Å². The van der Waals surface area contributed by atoms with E-state index in [-0.39, 0.29) is 30.3 Å². The Morgan fingerprint density at radius 3 is 2.83 bits per heavy atom. The maximum Gasteiger partial charge on any atom is 0.227 e. The molecule has 1 aromatic rings. The lowest BCUT2D eigenvalue weighted by atomic mass is 10.1. The summed E-state index contributed by atoms with van der Waals surface area (Å²) in [6.07, 6.45) is 2.45. The molecule has 0 radical (unpaired) electrons. The van der Waals surface area contributed by atoms with E-state index in [2.05, 4.69) is 5.32 Å². The number of carbonyl (C=O) groups is 1. The summed E-state index contributed by atoms with van der Waals surface area (Å²) in [6.45, 7) is 3.51. The van der Waals surface area contributed by atoms with Crippen molar-refractivity contribution in [1.82, 2.24) is 0 Å². The van der Waals surface area contributed by atoms with Crippen LogP contribution in [0.5, 0.6) is 5.75 Å². The van der Waals surface area contributed by atoms with Crippen LogP contribution in [-0.2, 0) is 9.53 Å². The number of ether oxygens (including phenoxy) is 2. The van der Waals surface area contributed by atoms with E-state index in [9.17, 15) is 4.79 Å². The quantitative estimate of drug-likeness (QED) is 0.730. The van der Waals surface area contributed by atoms with Crippen LogP contribution >= 0.6 is 24.0 Å². The number of benzene rings is 1. The van der Waals surface area contributed by atoms with Crippen LogP contribution in [0.2, 0.25) is 5.02 Å². The van der Waals surface area contributed by atoms with Crippen molar-refractivity contribution in [3.05, 3.63) is 23.2 Å². The van der Waals surface area contributed by atoms with Crippen molar-refractivity contribution >= 4 is 35.6 Å². The first-order chi connectivity index (χ1) is 10.6. The average Bonchev–Trinajstić information content (AvgIpc) is 2.92. The van der Waals surface area contributed by atoms with Gasteiger partial charge in [0.05, 0.1) is 12.3 Å². The number of carbonyl (C=O) groups excluding carboxylic acids is 1. The summed E-state index contributed by atoms with van der Waals surface area (Å²) >= 11 is 6.02. The molecule has 2 unspecified atom stereocenters. The van der Waals surface area contributed by atoms with Crippen LogP contribution in [0.4, 0.5) is 5.69 Å². The fourth-order valence-corrected chi connectivity index (χ4v) is 2.74. The third kappa shape index (κ3) is 6.18. The van der Waals surface area contributed by atoms with E-state index in [4.69, 9.17) is 26.8 Å². The highest BCUT2D eigenvalue weighted by atomic mass is 35.5. The van der Waals surface area contributed by atoms with Crippen LogP contribution in [0.3, 0.4) is 0 Å². The second kappa shape index (κ2) is 9.98. The Hall–Kier alpha value is -1.01. The summed E-state index contributed by atoms with van der Waals surface area (Å²) < 4.78 is 10.9. The van der Waals surface area contributed by atoms with Gasteiger partial charge in [-0.2, -0.15) is 0 Å². The molecule has 0 spiro atoms. The highest BCUT2D eigenvalue weighted by molar-refractivity contribution is 6.31. The molecule has 7 heteroatoms. The zero-order valence-electron chi connectivity index (χ0n) is 13.2. The van der Waals surface area contributed by atoms with E-state index < -0.39 is 0 Å². The molecule has 0 saturated heterocycles. The Kier molecular flexibility index (Phi) is 8.69. The predicted octanol–water partition coefficient (Wildman–Crippen LogP) is 3.24. The van der Waals surface area contributed by atoms with Crippen LogP contribution < -0.4 is 15.8 Å². The molecule has 5 nitrogen and oxygen atoms in total. The van der Waals surface area contributed by atoms with Gasteiger partial charge in [0.25, 0.3) is 0 Å². The predicted molar refractivity (Wildman–Crippen MR) is 94.6 cm³/mol. The fraction of sp³-hybridized carbons (Fsp3) is 0.562. The highest BCUT2D eigenvalue weighted by Gasteiger charge is 2.28. The Morgan fingerprint density at radius 2 is 2.17 bits per heavy atom. The van der Waals surface area contributed by atoms with E-state index in [0.717, 1.165) is 19.3 Å². The average molecular weight is 363 g/mol. The van der Waals surface area contributed by atoms with Crippen molar-refractivity contribution < 1.29 is 14.3 Å². The number of rotatable bonds is 7. The van der Waals surface area contributed by atoms with Gasteiger partial charge in [0, 0.05) is 23.6 Å². The van der Waals surface area contributed by atoms with Crippen molar-refractivity contribution in [2.24, 2.45) is 11.7 Å². The Balaban J connectivity index is 0.00000264. The van der Waals surface area contributed by atoms with E-state index in [1.54, 1.807) is 18.2 Å². The summed E-state index contributed by atoms with van der Waals surface area (Å²) in [6, 6.07) is 5.31. The van der Waals surface area contributed by atoms with Gasteiger partial charge in [0.15, 0.2) is 0 Å². The molecule has 130 valence electrons. The molecular weight excluding hydrogens is 339 g/mol. The summed E-state index contributed by atoms with van der Waals surface area (Å²) in [5, 5.41) is 3.46. The minimum Gasteiger partial charge on any atom is -0.489 e.